The Morgan fingerprint density at radius 2 is 1.88 bits per heavy atom. The van der Waals surface area contributed by atoms with E-state index in [-0.39, 0.29) is 6.04 Å². The zero-order valence-corrected chi connectivity index (χ0v) is 10.1. The average molecular weight is 214 g/mol. The first-order chi connectivity index (χ1) is 7.59. The molecule has 0 bridgehead atoms. The van der Waals surface area contributed by atoms with Crippen LogP contribution < -0.4 is 5.73 Å². The number of fused-ring (bicyclic) bond motifs is 1. The number of benzene rings is 1. The van der Waals surface area contributed by atoms with Crippen molar-refractivity contribution >= 4 is 10.9 Å². The van der Waals surface area contributed by atoms with Crippen LogP contribution in [0.25, 0.3) is 10.9 Å². The van der Waals surface area contributed by atoms with Crippen LogP contribution in [0.15, 0.2) is 30.3 Å². The lowest BCUT2D eigenvalue weighted by molar-refractivity contribution is 0.504. The number of aromatic nitrogens is 1. The van der Waals surface area contributed by atoms with Crippen molar-refractivity contribution in [3.05, 3.63) is 41.6 Å². The molecule has 0 spiro atoms. The van der Waals surface area contributed by atoms with E-state index < -0.39 is 0 Å². The van der Waals surface area contributed by atoms with Crippen LogP contribution in [0.2, 0.25) is 0 Å². The van der Waals surface area contributed by atoms with E-state index in [0.29, 0.717) is 5.92 Å². The van der Waals surface area contributed by atoms with Crippen LogP contribution in [0, 0.1) is 12.8 Å². The summed E-state index contributed by atoms with van der Waals surface area (Å²) in [6.07, 6.45) is 0. The van der Waals surface area contributed by atoms with Gasteiger partial charge in [0.25, 0.3) is 0 Å². The highest BCUT2D eigenvalue weighted by atomic mass is 14.8. The Labute approximate surface area is 96.5 Å². The lowest BCUT2D eigenvalue weighted by atomic mass is 9.99. The molecule has 2 N–H and O–H groups in total. The predicted octanol–water partition coefficient (Wildman–Crippen LogP) is 3.20. The summed E-state index contributed by atoms with van der Waals surface area (Å²) in [4.78, 5) is 4.63. The number of pyridine rings is 1. The molecule has 0 radical (unpaired) electrons. The van der Waals surface area contributed by atoms with Gasteiger partial charge < -0.3 is 5.73 Å². The monoisotopic (exact) mass is 214 g/mol. The Morgan fingerprint density at radius 1 is 1.19 bits per heavy atom. The molecule has 0 aliphatic rings. The van der Waals surface area contributed by atoms with E-state index >= 15 is 0 Å². The van der Waals surface area contributed by atoms with Crippen LogP contribution in [-0.2, 0) is 0 Å². The van der Waals surface area contributed by atoms with E-state index in [9.17, 15) is 0 Å². The molecule has 16 heavy (non-hydrogen) atoms. The lowest BCUT2D eigenvalue weighted by Gasteiger charge is -2.16. The first-order valence-electron chi connectivity index (χ1n) is 5.71. The standard InChI is InChI=1S/C14H18N2/c1-9(2)14(15)13-8-10(3)11-6-4-5-7-12(11)16-13/h4-9,14H,15H2,1-3H3/t14-/m0/s1. The molecular weight excluding hydrogens is 196 g/mol. The first-order valence-corrected chi connectivity index (χ1v) is 5.71. The molecule has 2 rings (SSSR count). The van der Waals surface area contributed by atoms with Crippen LogP contribution >= 0.6 is 0 Å². The number of hydrogen-bond acceptors (Lipinski definition) is 2. The minimum Gasteiger partial charge on any atom is -0.322 e. The van der Waals surface area contributed by atoms with Gasteiger partial charge >= 0.3 is 0 Å². The molecule has 1 atom stereocenters. The molecule has 0 saturated carbocycles. The summed E-state index contributed by atoms with van der Waals surface area (Å²) >= 11 is 0. The highest BCUT2D eigenvalue weighted by Gasteiger charge is 2.13. The minimum absolute atomic E-state index is 0.0170. The molecule has 2 nitrogen and oxygen atoms in total. The van der Waals surface area contributed by atoms with Crippen LogP contribution in [-0.4, -0.2) is 4.98 Å². The Bertz CT molecular complexity index is 503. The van der Waals surface area contributed by atoms with Crippen molar-refractivity contribution in [2.45, 2.75) is 26.8 Å². The van der Waals surface area contributed by atoms with Crippen molar-refractivity contribution in [1.29, 1.82) is 0 Å². The molecular formula is C14H18N2. The summed E-state index contributed by atoms with van der Waals surface area (Å²) in [7, 11) is 0. The smallest absolute Gasteiger partial charge is 0.0708 e. The highest BCUT2D eigenvalue weighted by Crippen LogP contribution is 2.23. The molecule has 0 unspecified atom stereocenters. The second kappa shape index (κ2) is 4.22. The van der Waals surface area contributed by atoms with Gasteiger partial charge in [-0.2, -0.15) is 0 Å². The molecule has 1 aromatic carbocycles. The van der Waals surface area contributed by atoms with E-state index in [1.165, 1.54) is 10.9 Å². The van der Waals surface area contributed by atoms with Gasteiger partial charge in [0.1, 0.15) is 0 Å². The summed E-state index contributed by atoms with van der Waals surface area (Å²) in [5.41, 5.74) is 9.41. The molecule has 1 aromatic heterocycles. The fraction of sp³-hybridized carbons (Fsp3) is 0.357. The van der Waals surface area contributed by atoms with Gasteiger partial charge in [0.05, 0.1) is 11.2 Å². The SMILES string of the molecule is Cc1cc([C@@H](N)C(C)C)nc2ccccc12. The molecule has 1 heterocycles. The van der Waals surface area contributed by atoms with Crippen molar-refractivity contribution in [2.24, 2.45) is 11.7 Å². The Morgan fingerprint density at radius 3 is 2.56 bits per heavy atom. The van der Waals surface area contributed by atoms with Gasteiger partial charge in [0.15, 0.2) is 0 Å². The molecule has 0 fully saturated rings. The van der Waals surface area contributed by atoms with Crippen LogP contribution in [0.3, 0.4) is 0 Å². The normalized spacial score (nSPS) is 13.3. The zero-order valence-electron chi connectivity index (χ0n) is 10.1. The Hall–Kier alpha value is -1.41. The average Bonchev–Trinajstić information content (AvgIpc) is 2.28. The van der Waals surface area contributed by atoms with E-state index in [1.54, 1.807) is 0 Å². The predicted molar refractivity (Wildman–Crippen MR) is 68.2 cm³/mol. The van der Waals surface area contributed by atoms with E-state index in [2.05, 4.69) is 37.9 Å². The third kappa shape index (κ3) is 1.93. The van der Waals surface area contributed by atoms with E-state index in [1.807, 2.05) is 18.2 Å². The van der Waals surface area contributed by atoms with Crippen LogP contribution in [0.1, 0.15) is 31.1 Å². The van der Waals surface area contributed by atoms with Gasteiger partial charge in [-0.1, -0.05) is 32.0 Å². The fourth-order valence-electron chi connectivity index (χ4n) is 1.89. The van der Waals surface area contributed by atoms with Gasteiger partial charge in [-0.05, 0) is 30.5 Å². The van der Waals surface area contributed by atoms with E-state index in [0.717, 1.165) is 11.2 Å². The quantitative estimate of drug-likeness (QED) is 0.833. The minimum atomic E-state index is 0.0170. The van der Waals surface area contributed by atoms with Crippen molar-refractivity contribution in [3.8, 4) is 0 Å². The number of rotatable bonds is 2. The number of nitrogens with zero attached hydrogens (tertiary/aromatic N) is 1. The van der Waals surface area contributed by atoms with E-state index in [4.69, 9.17) is 5.73 Å². The third-order valence-electron chi connectivity index (χ3n) is 3.00. The van der Waals surface area contributed by atoms with Gasteiger partial charge in [0.2, 0.25) is 0 Å². The molecule has 0 amide bonds. The van der Waals surface area contributed by atoms with Crippen molar-refractivity contribution in [3.63, 3.8) is 0 Å². The molecule has 0 aliphatic carbocycles. The van der Waals surface area contributed by atoms with Crippen molar-refractivity contribution in [1.82, 2.24) is 4.98 Å². The topological polar surface area (TPSA) is 38.9 Å². The second-order valence-corrected chi connectivity index (χ2v) is 4.65. The Balaban J connectivity index is 2.58. The molecule has 2 heteroatoms. The third-order valence-corrected chi connectivity index (χ3v) is 3.00. The van der Waals surface area contributed by atoms with Gasteiger partial charge in [-0.15, -0.1) is 0 Å². The van der Waals surface area contributed by atoms with Gasteiger partial charge in [0, 0.05) is 11.4 Å². The highest BCUT2D eigenvalue weighted by molar-refractivity contribution is 5.82. The molecule has 0 aliphatic heterocycles. The molecule has 0 saturated heterocycles. The molecule has 2 aromatic rings. The molecule has 84 valence electrons. The second-order valence-electron chi connectivity index (χ2n) is 4.65. The number of hydrogen-bond donors (Lipinski definition) is 1. The van der Waals surface area contributed by atoms with Crippen molar-refractivity contribution in [2.75, 3.05) is 0 Å². The number of nitrogens with two attached hydrogens (primary N) is 1. The summed E-state index contributed by atoms with van der Waals surface area (Å²) in [5.74, 6) is 0.410. The Kier molecular flexibility index (Phi) is 2.92. The summed E-state index contributed by atoms with van der Waals surface area (Å²) in [5, 5.41) is 1.21. The summed E-state index contributed by atoms with van der Waals surface area (Å²) in [6, 6.07) is 10.3. The van der Waals surface area contributed by atoms with Gasteiger partial charge in [-0.3, -0.25) is 4.98 Å². The zero-order chi connectivity index (χ0) is 11.7. The maximum atomic E-state index is 6.14. The summed E-state index contributed by atoms with van der Waals surface area (Å²) < 4.78 is 0. The number of aryl methyl sites for hydroxylation is 1. The summed E-state index contributed by atoms with van der Waals surface area (Å²) in [6.45, 7) is 6.36. The first kappa shape index (κ1) is 11.1. The maximum Gasteiger partial charge on any atom is 0.0708 e. The number of para-hydroxylation sites is 1. The van der Waals surface area contributed by atoms with Gasteiger partial charge in [-0.25, -0.2) is 0 Å². The van der Waals surface area contributed by atoms with Crippen LogP contribution in [0.4, 0.5) is 0 Å². The van der Waals surface area contributed by atoms with Crippen molar-refractivity contribution < 1.29 is 0 Å². The van der Waals surface area contributed by atoms with Crippen LogP contribution in [0.5, 0.6) is 0 Å². The lowest BCUT2D eigenvalue weighted by Crippen LogP contribution is -2.18. The maximum absolute atomic E-state index is 6.14. The fourth-order valence-corrected chi connectivity index (χ4v) is 1.89. The largest absolute Gasteiger partial charge is 0.322 e.